The lowest BCUT2D eigenvalue weighted by atomic mass is 10.2. The van der Waals surface area contributed by atoms with E-state index in [0.717, 1.165) is 0 Å². The van der Waals surface area contributed by atoms with Crippen molar-refractivity contribution < 1.29 is 28.3 Å². The van der Waals surface area contributed by atoms with Crippen molar-refractivity contribution in [2.75, 3.05) is 49.1 Å². The summed E-state index contributed by atoms with van der Waals surface area (Å²) in [5, 5.41) is 3.82. The van der Waals surface area contributed by atoms with Gasteiger partial charge in [0.2, 0.25) is 5.91 Å². The van der Waals surface area contributed by atoms with Crippen LogP contribution in [0.3, 0.4) is 0 Å². The molecular formula is C23H28FN5O5. The van der Waals surface area contributed by atoms with E-state index in [4.69, 9.17) is 15.3 Å². The summed E-state index contributed by atoms with van der Waals surface area (Å²) in [4.78, 5) is 44.6. The largest absolute Gasteiger partial charge is 0.442 e. The number of amides is 3. The summed E-state index contributed by atoms with van der Waals surface area (Å²) in [7, 11) is 0. The van der Waals surface area contributed by atoms with Gasteiger partial charge in [-0.25, -0.2) is 14.2 Å². The molecule has 0 unspecified atom stereocenters. The van der Waals surface area contributed by atoms with Gasteiger partial charge in [-0.05, 0) is 36.6 Å². The number of cyclic esters (lactones) is 1. The Morgan fingerprint density at radius 1 is 1.32 bits per heavy atom. The first-order chi connectivity index (χ1) is 16.3. The molecule has 1 aromatic carbocycles. The van der Waals surface area contributed by atoms with E-state index in [1.165, 1.54) is 47.4 Å². The minimum absolute atomic E-state index is 0.171. The Bertz CT molecular complexity index is 1010. The third kappa shape index (κ3) is 5.93. The van der Waals surface area contributed by atoms with Gasteiger partial charge in [0.15, 0.2) is 0 Å². The van der Waals surface area contributed by atoms with Crippen LogP contribution >= 0.6 is 0 Å². The second-order valence-electron chi connectivity index (χ2n) is 7.63. The Balaban J connectivity index is 1.67. The number of hydroxylamine groups is 2. The van der Waals surface area contributed by atoms with Crippen LogP contribution < -0.4 is 20.9 Å². The highest BCUT2D eigenvalue weighted by atomic mass is 19.1. The molecule has 2 heterocycles. The number of allylic oxidation sites excluding steroid dienone is 2. The first kappa shape index (κ1) is 24.8. The van der Waals surface area contributed by atoms with E-state index >= 15 is 4.39 Å². The zero-order valence-corrected chi connectivity index (χ0v) is 18.9. The number of carbonyl (C=O) groups is 3. The van der Waals surface area contributed by atoms with Crippen LogP contribution in [0.15, 0.2) is 54.8 Å². The zero-order chi connectivity index (χ0) is 24.7. The molecule has 3 N–H and O–H groups in total. The maximum atomic E-state index is 15.0. The molecule has 2 saturated heterocycles. The number of hydrogen-bond acceptors (Lipinski definition) is 7. The van der Waals surface area contributed by atoms with Crippen LogP contribution in [0.4, 0.5) is 20.6 Å². The number of benzene rings is 1. The fourth-order valence-corrected chi connectivity index (χ4v) is 3.64. The van der Waals surface area contributed by atoms with Gasteiger partial charge >= 0.3 is 6.09 Å². The van der Waals surface area contributed by atoms with E-state index in [1.807, 2.05) is 0 Å². The van der Waals surface area contributed by atoms with Gasteiger partial charge < -0.3 is 20.7 Å². The maximum absolute atomic E-state index is 15.0. The van der Waals surface area contributed by atoms with Gasteiger partial charge in [-0.1, -0.05) is 12.7 Å². The molecule has 3 amide bonds. The lowest BCUT2D eigenvalue weighted by Crippen LogP contribution is -2.35. The minimum atomic E-state index is -0.602. The quantitative estimate of drug-likeness (QED) is 0.455. The highest BCUT2D eigenvalue weighted by Gasteiger charge is 2.33. The fourth-order valence-electron chi connectivity index (χ4n) is 3.64. The van der Waals surface area contributed by atoms with Crippen molar-refractivity contribution in [1.29, 1.82) is 0 Å². The molecule has 0 bridgehead atoms. The van der Waals surface area contributed by atoms with Crippen molar-refractivity contribution >= 4 is 29.3 Å². The van der Waals surface area contributed by atoms with E-state index in [9.17, 15) is 14.4 Å². The Labute approximate surface area is 197 Å². The van der Waals surface area contributed by atoms with Gasteiger partial charge in [0.05, 0.1) is 37.6 Å². The SMILES string of the molecule is C=C/C=C(\C=C/N)C(=O)N1CCN(c2ccc(N3C[C@H](CNC(C)=O)OC3=O)cc2F)CCO1. The van der Waals surface area contributed by atoms with Gasteiger partial charge in [0.1, 0.15) is 11.9 Å². The average Bonchev–Trinajstić information content (AvgIpc) is 3.01. The molecule has 0 radical (unpaired) electrons. The predicted molar refractivity (Wildman–Crippen MR) is 124 cm³/mol. The van der Waals surface area contributed by atoms with Crippen molar-refractivity contribution in [3.63, 3.8) is 0 Å². The number of hydrogen-bond donors (Lipinski definition) is 2. The van der Waals surface area contributed by atoms with Crippen molar-refractivity contribution in [3.05, 3.63) is 60.6 Å². The Kier molecular flexibility index (Phi) is 8.25. The predicted octanol–water partition coefficient (Wildman–Crippen LogP) is 1.45. The molecule has 10 nitrogen and oxygen atoms in total. The van der Waals surface area contributed by atoms with Gasteiger partial charge in [-0.2, -0.15) is 0 Å². The maximum Gasteiger partial charge on any atom is 0.414 e. The molecule has 2 aliphatic heterocycles. The first-order valence-electron chi connectivity index (χ1n) is 10.8. The molecule has 2 fully saturated rings. The van der Waals surface area contributed by atoms with Crippen LogP contribution in [0.5, 0.6) is 0 Å². The molecule has 11 heteroatoms. The lowest BCUT2D eigenvalue weighted by Gasteiger charge is -2.24. The molecule has 2 aliphatic rings. The average molecular weight is 474 g/mol. The Hall–Kier alpha value is -3.86. The van der Waals surface area contributed by atoms with E-state index in [-0.39, 0.29) is 38.1 Å². The van der Waals surface area contributed by atoms with E-state index in [1.54, 1.807) is 17.0 Å². The van der Waals surface area contributed by atoms with Gasteiger partial charge in [0, 0.05) is 25.6 Å². The third-order valence-corrected chi connectivity index (χ3v) is 5.26. The molecule has 34 heavy (non-hydrogen) atoms. The van der Waals surface area contributed by atoms with E-state index in [0.29, 0.717) is 30.0 Å². The number of nitrogens with one attached hydrogen (secondary N) is 1. The summed E-state index contributed by atoms with van der Waals surface area (Å²) in [6, 6.07) is 4.48. The summed E-state index contributed by atoms with van der Waals surface area (Å²) >= 11 is 0. The van der Waals surface area contributed by atoms with Gasteiger partial charge in [-0.15, -0.1) is 0 Å². The second kappa shape index (κ2) is 11.3. The van der Waals surface area contributed by atoms with Crippen LogP contribution in [0, 0.1) is 5.82 Å². The molecule has 1 atom stereocenters. The molecule has 0 spiro atoms. The van der Waals surface area contributed by atoms with Crippen molar-refractivity contribution in [2.45, 2.75) is 13.0 Å². The molecular weight excluding hydrogens is 445 g/mol. The molecule has 1 aromatic rings. The third-order valence-electron chi connectivity index (χ3n) is 5.26. The summed E-state index contributed by atoms with van der Waals surface area (Å²) in [5.41, 5.74) is 6.40. The normalized spacial score (nSPS) is 19.2. The van der Waals surface area contributed by atoms with E-state index in [2.05, 4.69) is 11.9 Å². The minimum Gasteiger partial charge on any atom is -0.442 e. The molecule has 3 rings (SSSR count). The molecule has 0 saturated carbocycles. The smallest absolute Gasteiger partial charge is 0.414 e. The monoisotopic (exact) mass is 473 g/mol. The molecule has 0 aromatic heterocycles. The Morgan fingerprint density at radius 2 is 2.12 bits per heavy atom. The van der Waals surface area contributed by atoms with Crippen LogP contribution in [-0.4, -0.2) is 68.4 Å². The number of ether oxygens (including phenoxy) is 1. The topological polar surface area (TPSA) is 117 Å². The van der Waals surface area contributed by atoms with Crippen molar-refractivity contribution in [1.82, 2.24) is 10.4 Å². The molecule has 182 valence electrons. The number of anilines is 2. The van der Waals surface area contributed by atoms with Crippen LogP contribution in [0.25, 0.3) is 0 Å². The highest BCUT2D eigenvalue weighted by molar-refractivity contribution is 5.95. The number of nitrogens with zero attached hydrogens (tertiary/aromatic N) is 3. The van der Waals surface area contributed by atoms with Crippen LogP contribution in [0.2, 0.25) is 0 Å². The number of carbonyl (C=O) groups excluding carboxylic acids is 3. The highest BCUT2D eigenvalue weighted by Crippen LogP contribution is 2.28. The second-order valence-corrected chi connectivity index (χ2v) is 7.63. The summed E-state index contributed by atoms with van der Waals surface area (Å²) < 4.78 is 20.3. The number of halogens is 1. The molecule has 0 aliphatic carbocycles. The summed E-state index contributed by atoms with van der Waals surface area (Å²) in [5.74, 6) is -1.12. The van der Waals surface area contributed by atoms with Gasteiger partial charge in [0.25, 0.3) is 5.91 Å². The fraction of sp³-hybridized carbons (Fsp3) is 0.348. The number of nitrogens with two attached hydrogens (primary N) is 1. The summed E-state index contributed by atoms with van der Waals surface area (Å²) in [6.45, 7) is 6.42. The van der Waals surface area contributed by atoms with Gasteiger partial charge in [-0.3, -0.25) is 19.3 Å². The standard InChI is InChI=1S/C23H28FN5O5/c1-3-4-17(7-8-25)22(31)29-10-9-27(11-12-33-29)21-6-5-18(13-20(21)24)28-15-19(34-23(28)32)14-26-16(2)30/h3-8,13,19H,1,9-12,14-15,25H2,2H3,(H,26,30)/b8-7-,17-4+/t19-/m0/s1. The van der Waals surface area contributed by atoms with Crippen molar-refractivity contribution in [2.24, 2.45) is 5.73 Å². The van der Waals surface area contributed by atoms with Crippen molar-refractivity contribution in [3.8, 4) is 0 Å². The first-order valence-corrected chi connectivity index (χ1v) is 10.8. The lowest BCUT2D eigenvalue weighted by molar-refractivity contribution is -0.177. The Morgan fingerprint density at radius 3 is 2.79 bits per heavy atom. The van der Waals surface area contributed by atoms with Crippen LogP contribution in [0.1, 0.15) is 6.92 Å². The van der Waals surface area contributed by atoms with Crippen LogP contribution in [-0.2, 0) is 19.2 Å². The summed E-state index contributed by atoms with van der Waals surface area (Å²) in [6.07, 6.45) is 4.60. The van der Waals surface area contributed by atoms with E-state index < -0.39 is 18.0 Å². The zero-order valence-electron chi connectivity index (χ0n) is 18.9. The number of rotatable bonds is 7.